The van der Waals surface area contributed by atoms with Gasteiger partial charge >= 0.3 is 0 Å². The second-order valence-corrected chi connectivity index (χ2v) is 7.75. The molecule has 136 valence electrons. The number of nitrogens with zero attached hydrogens (tertiary/aromatic N) is 1. The van der Waals surface area contributed by atoms with Crippen molar-refractivity contribution in [1.29, 1.82) is 0 Å². The SMILES string of the molecule is Cc1ccc(C(=O)Nc2ccc3c(c2)N(C(=O)c2cccs2)CC3)c(C)c1. The van der Waals surface area contributed by atoms with E-state index in [1.54, 1.807) is 4.90 Å². The van der Waals surface area contributed by atoms with E-state index in [9.17, 15) is 9.59 Å². The highest BCUT2D eigenvalue weighted by molar-refractivity contribution is 7.12. The number of amides is 2. The Labute approximate surface area is 162 Å². The second-order valence-electron chi connectivity index (χ2n) is 6.80. The van der Waals surface area contributed by atoms with Crippen LogP contribution < -0.4 is 10.2 Å². The zero-order valence-electron chi connectivity index (χ0n) is 15.3. The summed E-state index contributed by atoms with van der Waals surface area (Å²) in [5.74, 6) is -0.122. The third kappa shape index (κ3) is 3.38. The Morgan fingerprint density at radius 2 is 1.93 bits per heavy atom. The molecule has 4 rings (SSSR count). The van der Waals surface area contributed by atoms with E-state index in [0.29, 0.717) is 17.8 Å². The normalized spacial score (nSPS) is 12.7. The van der Waals surface area contributed by atoms with Gasteiger partial charge in [0.15, 0.2) is 0 Å². The van der Waals surface area contributed by atoms with E-state index in [0.717, 1.165) is 33.7 Å². The number of carbonyl (C=O) groups is 2. The van der Waals surface area contributed by atoms with Gasteiger partial charge in [0.05, 0.1) is 4.88 Å². The Bertz CT molecular complexity index is 1020. The molecule has 2 aromatic carbocycles. The quantitative estimate of drug-likeness (QED) is 0.712. The molecule has 0 fully saturated rings. The van der Waals surface area contributed by atoms with Gasteiger partial charge in [0.1, 0.15) is 0 Å². The molecule has 4 nitrogen and oxygen atoms in total. The number of rotatable bonds is 3. The molecule has 0 unspecified atom stereocenters. The van der Waals surface area contributed by atoms with Gasteiger partial charge in [-0.1, -0.05) is 29.8 Å². The van der Waals surface area contributed by atoms with Crippen molar-refractivity contribution in [3.63, 3.8) is 0 Å². The topological polar surface area (TPSA) is 49.4 Å². The first-order chi connectivity index (χ1) is 13.0. The summed E-state index contributed by atoms with van der Waals surface area (Å²) >= 11 is 1.45. The number of nitrogens with one attached hydrogen (secondary N) is 1. The van der Waals surface area contributed by atoms with E-state index >= 15 is 0 Å². The number of aryl methyl sites for hydroxylation is 2. The fourth-order valence-electron chi connectivity index (χ4n) is 3.47. The number of fused-ring (bicyclic) bond motifs is 1. The molecule has 27 heavy (non-hydrogen) atoms. The predicted molar refractivity (Wildman–Crippen MR) is 110 cm³/mol. The number of thiophene rings is 1. The van der Waals surface area contributed by atoms with Crippen LogP contribution in [0.3, 0.4) is 0 Å². The molecule has 0 spiro atoms. The van der Waals surface area contributed by atoms with E-state index in [-0.39, 0.29) is 11.8 Å². The fourth-order valence-corrected chi connectivity index (χ4v) is 4.14. The molecular weight excluding hydrogens is 356 g/mol. The predicted octanol–water partition coefficient (Wildman–Crippen LogP) is 4.82. The Hall–Kier alpha value is -2.92. The van der Waals surface area contributed by atoms with Crippen molar-refractivity contribution >= 4 is 34.5 Å². The first-order valence-corrected chi connectivity index (χ1v) is 9.78. The largest absolute Gasteiger partial charge is 0.322 e. The van der Waals surface area contributed by atoms with Gasteiger partial charge in [-0.05, 0) is 61.0 Å². The van der Waals surface area contributed by atoms with Gasteiger partial charge in [-0.25, -0.2) is 0 Å². The zero-order valence-corrected chi connectivity index (χ0v) is 16.1. The summed E-state index contributed by atoms with van der Waals surface area (Å²) in [6, 6.07) is 15.3. The first kappa shape index (κ1) is 17.5. The summed E-state index contributed by atoms with van der Waals surface area (Å²) in [6.45, 7) is 4.61. The molecule has 1 N–H and O–H groups in total. The van der Waals surface area contributed by atoms with Crippen LogP contribution in [-0.4, -0.2) is 18.4 Å². The van der Waals surface area contributed by atoms with Gasteiger partial charge in [0.25, 0.3) is 11.8 Å². The van der Waals surface area contributed by atoms with E-state index in [2.05, 4.69) is 5.32 Å². The summed E-state index contributed by atoms with van der Waals surface area (Å²) in [5, 5.41) is 4.88. The third-order valence-electron chi connectivity index (χ3n) is 4.84. The highest BCUT2D eigenvalue weighted by Gasteiger charge is 2.26. The number of benzene rings is 2. The van der Waals surface area contributed by atoms with Gasteiger partial charge in [0.2, 0.25) is 0 Å². The van der Waals surface area contributed by atoms with Crippen LogP contribution >= 0.6 is 11.3 Å². The summed E-state index contributed by atoms with van der Waals surface area (Å²) in [6.07, 6.45) is 0.831. The van der Waals surface area contributed by atoms with Crippen molar-refractivity contribution in [3.8, 4) is 0 Å². The minimum atomic E-state index is -0.137. The average Bonchev–Trinajstić information content (AvgIpc) is 3.31. The molecule has 0 radical (unpaired) electrons. The molecule has 0 atom stereocenters. The fraction of sp³-hybridized carbons (Fsp3) is 0.182. The molecule has 2 amide bonds. The van der Waals surface area contributed by atoms with Crippen molar-refractivity contribution in [3.05, 3.63) is 81.0 Å². The minimum Gasteiger partial charge on any atom is -0.322 e. The van der Waals surface area contributed by atoms with E-state index in [1.807, 2.05) is 67.8 Å². The molecule has 0 aliphatic carbocycles. The van der Waals surface area contributed by atoms with Crippen LogP contribution in [0.15, 0.2) is 53.9 Å². The highest BCUT2D eigenvalue weighted by Crippen LogP contribution is 2.32. The summed E-state index contributed by atoms with van der Waals surface area (Å²) in [5.41, 5.74) is 5.45. The maximum absolute atomic E-state index is 12.8. The molecular formula is C22H20N2O2S. The summed E-state index contributed by atoms with van der Waals surface area (Å²) in [4.78, 5) is 27.9. The molecule has 1 aromatic heterocycles. The van der Waals surface area contributed by atoms with E-state index < -0.39 is 0 Å². The molecule has 2 heterocycles. The minimum absolute atomic E-state index is 0.0154. The van der Waals surface area contributed by atoms with Crippen molar-refractivity contribution in [1.82, 2.24) is 0 Å². The van der Waals surface area contributed by atoms with E-state index in [4.69, 9.17) is 0 Å². The standard InChI is InChI=1S/C22H20N2O2S/c1-14-5-8-18(15(2)12-14)21(25)23-17-7-6-16-9-10-24(19(16)13-17)22(26)20-4-3-11-27-20/h3-8,11-13H,9-10H2,1-2H3,(H,23,25). The molecule has 0 saturated heterocycles. The number of anilines is 2. The van der Waals surface area contributed by atoms with Crippen LogP contribution in [0.5, 0.6) is 0 Å². The van der Waals surface area contributed by atoms with Gasteiger partial charge in [-0.2, -0.15) is 0 Å². The van der Waals surface area contributed by atoms with Crippen LogP contribution in [0.25, 0.3) is 0 Å². The van der Waals surface area contributed by atoms with Crippen LogP contribution in [0.1, 0.15) is 36.7 Å². The maximum Gasteiger partial charge on any atom is 0.268 e. The monoisotopic (exact) mass is 376 g/mol. The van der Waals surface area contributed by atoms with Crippen LogP contribution in [0.2, 0.25) is 0 Å². The van der Waals surface area contributed by atoms with Crippen molar-refractivity contribution in [2.75, 3.05) is 16.8 Å². The lowest BCUT2D eigenvalue weighted by Gasteiger charge is -2.17. The van der Waals surface area contributed by atoms with Crippen LogP contribution in [0, 0.1) is 13.8 Å². The van der Waals surface area contributed by atoms with Gasteiger partial charge < -0.3 is 10.2 Å². The zero-order chi connectivity index (χ0) is 19.0. The maximum atomic E-state index is 12.8. The Kier molecular flexibility index (Phi) is 4.54. The Morgan fingerprint density at radius 1 is 1.07 bits per heavy atom. The van der Waals surface area contributed by atoms with Crippen LogP contribution in [0.4, 0.5) is 11.4 Å². The lowest BCUT2D eigenvalue weighted by Crippen LogP contribution is -2.28. The number of hydrogen-bond donors (Lipinski definition) is 1. The molecule has 0 saturated carbocycles. The molecule has 1 aliphatic rings. The summed E-state index contributed by atoms with van der Waals surface area (Å²) < 4.78 is 0. The highest BCUT2D eigenvalue weighted by atomic mass is 32.1. The number of carbonyl (C=O) groups excluding carboxylic acids is 2. The molecule has 1 aliphatic heterocycles. The molecule has 5 heteroatoms. The first-order valence-electron chi connectivity index (χ1n) is 8.90. The smallest absolute Gasteiger partial charge is 0.268 e. The van der Waals surface area contributed by atoms with Gasteiger partial charge in [-0.15, -0.1) is 11.3 Å². The van der Waals surface area contributed by atoms with Crippen molar-refractivity contribution in [2.45, 2.75) is 20.3 Å². The average molecular weight is 376 g/mol. The second kappa shape index (κ2) is 7.00. The van der Waals surface area contributed by atoms with Gasteiger partial charge in [-0.3, -0.25) is 9.59 Å². The van der Waals surface area contributed by atoms with Crippen molar-refractivity contribution < 1.29 is 9.59 Å². The lowest BCUT2D eigenvalue weighted by molar-refractivity contribution is 0.0991. The lowest BCUT2D eigenvalue weighted by atomic mass is 10.0. The van der Waals surface area contributed by atoms with Crippen LogP contribution in [-0.2, 0) is 6.42 Å². The molecule has 0 bridgehead atoms. The van der Waals surface area contributed by atoms with Gasteiger partial charge in [0, 0.05) is 23.5 Å². The molecule has 3 aromatic rings. The Balaban J connectivity index is 1.58. The third-order valence-corrected chi connectivity index (χ3v) is 5.70. The Morgan fingerprint density at radius 3 is 2.67 bits per heavy atom. The van der Waals surface area contributed by atoms with Crippen molar-refractivity contribution in [2.24, 2.45) is 0 Å². The van der Waals surface area contributed by atoms with E-state index in [1.165, 1.54) is 11.3 Å². The summed E-state index contributed by atoms with van der Waals surface area (Å²) in [7, 11) is 0. The number of hydrogen-bond acceptors (Lipinski definition) is 3.